The summed E-state index contributed by atoms with van der Waals surface area (Å²) in [5.41, 5.74) is 2.54. The molecule has 0 spiro atoms. The minimum Gasteiger partial charge on any atom is -0.493 e. The fraction of sp³-hybridized carbons (Fsp3) is 0.156. The summed E-state index contributed by atoms with van der Waals surface area (Å²) >= 11 is 0. The molecule has 0 N–H and O–H groups in total. The van der Waals surface area contributed by atoms with Crippen LogP contribution in [-0.2, 0) is 14.3 Å². The Morgan fingerprint density at radius 1 is 0.755 bits per heavy atom. The van der Waals surface area contributed by atoms with Gasteiger partial charge in [-0.05, 0) is 25.5 Å². The number of pyridine rings is 1. The Kier molecular flexibility index (Phi) is 8.99. The maximum atomic E-state index is 12.7. The lowest BCUT2D eigenvalue weighted by atomic mass is 10.1. The quantitative estimate of drug-likeness (QED) is 0.113. The molecular formula is C32H22N6O11. The van der Waals surface area contributed by atoms with Crippen LogP contribution in [0.1, 0.15) is 43.3 Å². The van der Waals surface area contributed by atoms with Crippen molar-refractivity contribution in [2.75, 3.05) is 20.3 Å². The molecule has 0 atom stereocenters. The molecule has 0 aliphatic carbocycles. The topological polar surface area (TPSA) is 224 Å². The van der Waals surface area contributed by atoms with E-state index in [1.165, 1.54) is 30.8 Å². The molecule has 0 unspecified atom stereocenters. The zero-order valence-corrected chi connectivity index (χ0v) is 25.6. The number of methoxy groups -OCH3 is 1. The first-order chi connectivity index (χ1) is 23.8. The largest absolute Gasteiger partial charge is 0.493 e. The van der Waals surface area contributed by atoms with Gasteiger partial charge in [0.15, 0.2) is 17.1 Å². The average molecular weight is 667 g/mol. The zero-order chi connectivity index (χ0) is 34.5. The van der Waals surface area contributed by atoms with Gasteiger partial charge in [-0.3, -0.25) is 14.5 Å². The first-order valence-corrected chi connectivity index (χ1v) is 14.3. The second-order valence-corrected chi connectivity index (χ2v) is 10.1. The minimum atomic E-state index is -0.664. The highest BCUT2D eigenvalue weighted by Crippen LogP contribution is 2.31. The Balaban J connectivity index is 0.00000134. The van der Waals surface area contributed by atoms with Crippen LogP contribution in [0.3, 0.4) is 0 Å². The number of ether oxygens (including phenoxy) is 2. The normalized spacial score (nSPS) is 11.9. The standard InChI is InChI=1S/C31H22N6O9.CO2/c1-16-12-43-27(32-16)22-13-44-25(34-22)20-10-17(42-9-5-8-37-29(38)18-6-3-4-7-19(18)30(37)39)11-21(33-20)26-35-23(14-45-26)28-36-24(15-46-28)31(40)41-2;2-1-3/h3-4,6-7,10-15H,5,8-9H2,1-2H3;. The fourth-order valence-corrected chi connectivity index (χ4v) is 4.70. The van der Waals surface area contributed by atoms with Gasteiger partial charge in [0.05, 0.1) is 30.5 Å². The molecule has 7 rings (SSSR count). The van der Waals surface area contributed by atoms with Crippen LogP contribution >= 0.6 is 0 Å². The number of carbonyl (C=O) groups is 3. The van der Waals surface area contributed by atoms with Gasteiger partial charge in [-0.1, -0.05) is 12.1 Å². The van der Waals surface area contributed by atoms with E-state index >= 15 is 0 Å². The molecule has 0 radical (unpaired) electrons. The molecule has 5 aromatic heterocycles. The van der Waals surface area contributed by atoms with Crippen molar-refractivity contribution in [2.45, 2.75) is 13.3 Å². The number of aromatic nitrogens is 5. The van der Waals surface area contributed by atoms with Crippen LogP contribution in [0, 0.1) is 6.92 Å². The van der Waals surface area contributed by atoms with Crippen molar-refractivity contribution in [1.82, 2.24) is 29.8 Å². The van der Waals surface area contributed by atoms with Crippen molar-refractivity contribution in [3.63, 3.8) is 0 Å². The van der Waals surface area contributed by atoms with Crippen LogP contribution in [0.15, 0.2) is 79.1 Å². The van der Waals surface area contributed by atoms with E-state index in [1.807, 2.05) is 0 Å². The lowest BCUT2D eigenvalue weighted by Gasteiger charge is -2.14. The first-order valence-electron chi connectivity index (χ1n) is 14.3. The second-order valence-electron chi connectivity index (χ2n) is 10.1. The van der Waals surface area contributed by atoms with E-state index in [1.54, 1.807) is 43.3 Å². The summed E-state index contributed by atoms with van der Waals surface area (Å²) in [5, 5.41) is 0. The molecular weight excluding hydrogens is 644 g/mol. The van der Waals surface area contributed by atoms with Gasteiger partial charge in [0, 0.05) is 18.7 Å². The van der Waals surface area contributed by atoms with E-state index in [0.717, 1.165) is 6.26 Å². The molecule has 6 aromatic rings. The van der Waals surface area contributed by atoms with E-state index in [4.69, 9.17) is 32.0 Å². The third-order valence-electron chi connectivity index (χ3n) is 6.87. The highest BCUT2D eigenvalue weighted by atomic mass is 16.5. The number of esters is 1. The lowest BCUT2D eigenvalue weighted by Crippen LogP contribution is -2.31. The van der Waals surface area contributed by atoms with Gasteiger partial charge < -0.3 is 27.1 Å². The van der Waals surface area contributed by atoms with Crippen molar-refractivity contribution in [3.8, 4) is 52.1 Å². The lowest BCUT2D eigenvalue weighted by molar-refractivity contribution is -0.191. The van der Waals surface area contributed by atoms with Crippen LogP contribution in [0.4, 0.5) is 0 Å². The molecule has 246 valence electrons. The molecule has 0 saturated heterocycles. The number of carbonyl (C=O) groups excluding carboxylic acids is 5. The van der Waals surface area contributed by atoms with Crippen LogP contribution in [-0.4, -0.2) is 74.0 Å². The predicted molar refractivity (Wildman–Crippen MR) is 159 cm³/mol. The highest BCUT2D eigenvalue weighted by molar-refractivity contribution is 6.21. The molecule has 0 fully saturated rings. The van der Waals surface area contributed by atoms with Crippen molar-refractivity contribution >= 4 is 23.9 Å². The third-order valence-corrected chi connectivity index (χ3v) is 6.87. The molecule has 1 aliphatic rings. The van der Waals surface area contributed by atoms with Crippen molar-refractivity contribution in [2.24, 2.45) is 0 Å². The molecule has 49 heavy (non-hydrogen) atoms. The summed E-state index contributed by atoms with van der Waals surface area (Å²) in [5.74, 6) is -0.427. The number of benzene rings is 1. The van der Waals surface area contributed by atoms with Crippen LogP contribution in [0.5, 0.6) is 5.75 Å². The Bertz CT molecular complexity index is 2170. The second kappa shape index (κ2) is 13.8. The summed E-state index contributed by atoms with van der Waals surface area (Å²) in [6, 6.07) is 9.93. The molecule has 1 aliphatic heterocycles. The van der Waals surface area contributed by atoms with E-state index in [-0.39, 0.29) is 77.5 Å². The van der Waals surface area contributed by atoms with Gasteiger partial charge in [0.1, 0.15) is 42.2 Å². The van der Waals surface area contributed by atoms with Gasteiger partial charge in [0.2, 0.25) is 23.6 Å². The molecule has 0 saturated carbocycles. The Labute approximate surface area is 274 Å². The number of fused-ring (bicyclic) bond motifs is 1. The summed E-state index contributed by atoms with van der Waals surface area (Å²) in [4.78, 5) is 76.5. The van der Waals surface area contributed by atoms with Crippen LogP contribution < -0.4 is 4.74 Å². The molecule has 2 amide bonds. The number of nitrogens with zero attached hydrogens (tertiary/aromatic N) is 6. The Hall–Kier alpha value is -7.00. The number of hydrogen-bond acceptors (Lipinski definition) is 16. The number of hydrogen-bond donors (Lipinski definition) is 0. The third kappa shape index (κ3) is 6.63. The van der Waals surface area contributed by atoms with E-state index in [9.17, 15) is 14.4 Å². The first kappa shape index (κ1) is 32.0. The number of amides is 2. The highest BCUT2D eigenvalue weighted by Gasteiger charge is 2.34. The average Bonchev–Trinajstić information content (AvgIpc) is 3.95. The smallest absolute Gasteiger partial charge is 0.373 e. The number of imide groups is 1. The summed E-state index contributed by atoms with van der Waals surface area (Å²) in [7, 11) is 1.23. The maximum absolute atomic E-state index is 12.7. The molecule has 0 bridgehead atoms. The SMILES string of the molecule is COC(=O)c1coc(-c2coc(-c3cc(OCCCN4C(=O)c5ccccc5C4=O)cc(-c4nc(-c5nc(C)co5)co4)n3)n2)n1.O=C=O. The monoisotopic (exact) mass is 666 g/mol. The van der Waals surface area contributed by atoms with Gasteiger partial charge >= 0.3 is 12.1 Å². The summed E-state index contributed by atoms with van der Waals surface area (Å²) in [6.45, 7) is 2.12. The molecule has 17 heteroatoms. The molecule has 6 heterocycles. The van der Waals surface area contributed by atoms with Gasteiger partial charge in [0.25, 0.3) is 11.8 Å². The van der Waals surface area contributed by atoms with Crippen molar-refractivity contribution in [3.05, 3.63) is 84.0 Å². The summed E-state index contributed by atoms with van der Waals surface area (Å²) < 4.78 is 32.8. The van der Waals surface area contributed by atoms with Gasteiger partial charge in [-0.2, -0.15) is 9.59 Å². The fourth-order valence-electron chi connectivity index (χ4n) is 4.70. The van der Waals surface area contributed by atoms with Crippen molar-refractivity contribution in [1.29, 1.82) is 0 Å². The van der Waals surface area contributed by atoms with E-state index in [0.29, 0.717) is 34.7 Å². The number of aryl methyl sites for hydroxylation is 1. The van der Waals surface area contributed by atoms with Crippen molar-refractivity contribution < 1.29 is 51.1 Å². The summed E-state index contributed by atoms with van der Waals surface area (Å²) in [6.07, 6.45) is 5.95. The number of oxazole rings is 4. The van der Waals surface area contributed by atoms with E-state index < -0.39 is 5.97 Å². The van der Waals surface area contributed by atoms with Crippen LogP contribution in [0.2, 0.25) is 0 Å². The zero-order valence-electron chi connectivity index (χ0n) is 25.6. The number of rotatable bonds is 10. The predicted octanol–water partition coefficient (Wildman–Crippen LogP) is 4.28. The molecule has 1 aromatic carbocycles. The Morgan fingerprint density at radius 3 is 1.84 bits per heavy atom. The van der Waals surface area contributed by atoms with Gasteiger partial charge in [-0.25, -0.2) is 29.7 Å². The van der Waals surface area contributed by atoms with Crippen LogP contribution in [0.25, 0.3) is 46.3 Å². The maximum Gasteiger partial charge on any atom is 0.373 e. The van der Waals surface area contributed by atoms with Gasteiger partial charge in [-0.15, -0.1) is 0 Å². The Morgan fingerprint density at radius 2 is 1.29 bits per heavy atom. The van der Waals surface area contributed by atoms with E-state index in [2.05, 4.69) is 29.7 Å². The minimum absolute atomic E-state index is 0.0278. The molecule has 17 nitrogen and oxygen atoms in total.